The molecule has 1 fully saturated rings. The number of non-ortho nitro benzene ring substituents is 1. The maximum atomic E-state index is 10.9. The second-order valence-corrected chi connectivity index (χ2v) is 5.33. The maximum absolute atomic E-state index is 10.9. The molecule has 0 heterocycles. The Morgan fingerprint density at radius 2 is 2.20 bits per heavy atom. The van der Waals surface area contributed by atoms with E-state index in [1.165, 1.54) is 25.3 Å². The average molecular weight is 278 g/mol. The van der Waals surface area contributed by atoms with Crippen LogP contribution in [0.2, 0.25) is 0 Å². The number of ether oxygens (including phenoxy) is 1. The van der Waals surface area contributed by atoms with E-state index in [4.69, 9.17) is 4.74 Å². The van der Waals surface area contributed by atoms with E-state index in [9.17, 15) is 10.1 Å². The molecule has 0 aliphatic heterocycles. The summed E-state index contributed by atoms with van der Waals surface area (Å²) in [4.78, 5) is 10.6. The van der Waals surface area contributed by atoms with Crippen molar-refractivity contribution in [2.24, 2.45) is 5.92 Å². The number of nitrogens with zero attached hydrogens (tertiary/aromatic N) is 1. The van der Waals surface area contributed by atoms with Gasteiger partial charge in [-0.3, -0.25) is 10.1 Å². The van der Waals surface area contributed by atoms with Crippen LogP contribution in [-0.2, 0) is 0 Å². The summed E-state index contributed by atoms with van der Waals surface area (Å²) < 4.78 is 5.68. The maximum Gasteiger partial charge on any atom is 0.275 e. The molecule has 0 amide bonds. The summed E-state index contributed by atoms with van der Waals surface area (Å²) in [6.45, 7) is 3.49. The Morgan fingerprint density at radius 1 is 1.40 bits per heavy atom. The van der Waals surface area contributed by atoms with E-state index in [-0.39, 0.29) is 10.6 Å². The standard InChI is InChI=1S/C15H22N2O3/c1-2-7-16-13-9-14(17(18)19)11-15(10-13)20-8-6-12-4-3-5-12/h9-12,16H,2-8H2,1H3. The third-order valence-electron chi connectivity index (χ3n) is 3.70. The normalized spacial score (nSPS) is 14.7. The topological polar surface area (TPSA) is 64.4 Å². The molecule has 1 aliphatic rings. The highest BCUT2D eigenvalue weighted by molar-refractivity contribution is 5.56. The number of nitro groups is 1. The van der Waals surface area contributed by atoms with Gasteiger partial charge in [0.25, 0.3) is 5.69 Å². The molecule has 0 radical (unpaired) electrons. The van der Waals surface area contributed by atoms with Gasteiger partial charge in [-0.1, -0.05) is 26.2 Å². The van der Waals surface area contributed by atoms with Gasteiger partial charge in [0.1, 0.15) is 5.75 Å². The predicted molar refractivity (Wildman–Crippen MR) is 79.3 cm³/mol. The number of hydrogen-bond acceptors (Lipinski definition) is 4. The van der Waals surface area contributed by atoms with Crippen molar-refractivity contribution < 1.29 is 9.66 Å². The molecule has 0 bridgehead atoms. The Bertz CT molecular complexity index is 458. The summed E-state index contributed by atoms with van der Waals surface area (Å²) in [6.07, 6.45) is 5.93. The minimum Gasteiger partial charge on any atom is -0.493 e. The van der Waals surface area contributed by atoms with Crippen molar-refractivity contribution in [1.82, 2.24) is 0 Å². The first-order valence-corrected chi connectivity index (χ1v) is 7.35. The number of hydrogen-bond donors (Lipinski definition) is 1. The fourth-order valence-electron chi connectivity index (χ4n) is 2.27. The first-order valence-electron chi connectivity index (χ1n) is 7.35. The third kappa shape index (κ3) is 4.11. The van der Waals surface area contributed by atoms with E-state index in [1.807, 2.05) is 6.07 Å². The Balaban J connectivity index is 1.97. The Morgan fingerprint density at radius 3 is 2.80 bits per heavy atom. The zero-order chi connectivity index (χ0) is 14.4. The molecule has 2 rings (SSSR count). The highest BCUT2D eigenvalue weighted by atomic mass is 16.6. The van der Waals surface area contributed by atoms with Gasteiger partial charge in [-0.05, 0) is 18.8 Å². The molecule has 1 aromatic carbocycles. The SMILES string of the molecule is CCCNc1cc(OCCC2CCC2)cc([N+](=O)[O-])c1. The Hall–Kier alpha value is -1.78. The number of rotatable bonds is 8. The molecule has 0 aromatic heterocycles. The molecule has 1 aromatic rings. The van der Waals surface area contributed by atoms with Gasteiger partial charge in [0.2, 0.25) is 0 Å². The summed E-state index contributed by atoms with van der Waals surface area (Å²) in [5, 5.41) is 14.1. The van der Waals surface area contributed by atoms with Crippen LogP contribution < -0.4 is 10.1 Å². The van der Waals surface area contributed by atoms with E-state index < -0.39 is 0 Å². The second kappa shape index (κ2) is 7.12. The minimum absolute atomic E-state index is 0.0738. The van der Waals surface area contributed by atoms with Gasteiger partial charge in [-0.2, -0.15) is 0 Å². The molecule has 0 spiro atoms. The van der Waals surface area contributed by atoms with Gasteiger partial charge in [0, 0.05) is 24.4 Å². The number of benzene rings is 1. The third-order valence-corrected chi connectivity index (χ3v) is 3.70. The van der Waals surface area contributed by atoms with Crippen molar-refractivity contribution in [1.29, 1.82) is 0 Å². The van der Waals surface area contributed by atoms with Gasteiger partial charge >= 0.3 is 0 Å². The second-order valence-electron chi connectivity index (χ2n) is 5.33. The molecule has 0 atom stereocenters. The van der Waals surface area contributed by atoms with Gasteiger partial charge in [-0.15, -0.1) is 0 Å². The summed E-state index contributed by atoms with van der Waals surface area (Å²) in [5.74, 6) is 1.36. The molecule has 5 heteroatoms. The van der Waals surface area contributed by atoms with Crippen molar-refractivity contribution in [3.05, 3.63) is 28.3 Å². The summed E-state index contributed by atoms with van der Waals surface area (Å²) in [5.41, 5.74) is 0.824. The fourth-order valence-corrected chi connectivity index (χ4v) is 2.27. The van der Waals surface area contributed by atoms with E-state index in [0.717, 1.165) is 31.0 Å². The van der Waals surface area contributed by atoms with Crippen LogP contribution in [0.5, 0.6) is 5.75 Å². The number of nitro benzene ring substituents is 1. The molecule has 0 saturated heterocycles. The van der Waals surface area contributed by atoms with Crippen LogP contribution in [-0.4, -0.2) is 18.1 Å². The molecule has 20 heavy (non-hydrogen) atoms. The van der Waals surface area contributed by atoms with Crippen LogP contribution in [0.3, 0.4) is 0 Å². The molecule has 5 nitrogen and oxygen atoms in total. The van der Waals surface area contributed by atoms with Crippen LogP contribution in [0.4, 0.5) is 11.4 Å². The molecular weight excluding hydrogens is 256 g/mol. The number of nitrogens with one attached hydrogen (secondary N) is 1. The zero-order valence-electron chi connectivity index (χ0n) is 11.9. The van der Waals surface area contributed by atoms with Crippen LogP contribution in [0.1, 0.15) is 39.0 Å². The molecule has 1 aliphatic carbocycles. The minimum atomic E-state index is -0.379. The van der Waals surface area contributed by atoms with Gasteiger partial charge in [0.05, 0.1) is 17.6 Å². The fraction of sp³-hybridized carbons (Fsp3) is 0.600. The van der Waals surface area contributed by atoms with Crippen molar-refractivity contribution in [3.8, 4) is 5.75 Å². The highest BCUT2D eigenvalue weighted by Crippen LogP contribution is 2.30. The van der Waals surface area contributed by atoms with E-state index >= 15 is 0 Å². The van der Waals surface area contributed by atoms with E-state index in [1.54, 1.807) is 6.07 Å². The van der Waals surface area contributed by atoms with E-state index in [2.05, 4.69) is 12.2 Å². The first kappa shape index (κ1) is 14.6. The lowest BCUT2D eigenvalue weighted by atomic mass is 9.83. The van der Waals surface area contributed by atoms with Crippen molar-refractivity contribution in [2.75, 3.05) is 18.5 Å². The Labute approximate surface area is 119 Å². The average Bonchev–Trinajstić information content (AvgIpc) is 2.39. The first-order chi connectivity index (χ1) is 9.69. The predicted octanol–water partition coefficient (Wildman–Crippen LogP) is 3.99. The lowest BCUT2D eigenvalue weighted by Crippen LogP contribution is -2.14. The lowest BCUT2D eigenvalue weighted by molar-refractivity contribution is -0.384. The quantitative estimate of drug-likeness (QED) is 0.577. The van der Waals surface area contributed by atoms with Crippen molar-refractivity contribution in [2.45, 2.75) is 39.0 Å². The molecule has 1 N–H and O–H groups in total. The highest BCUT2D eigenvalue weighted by Gasteiger charge is 2.17. The monoisotopic (exact) mass is 278 g/mol. The molecular formula is C15H22N2O3. The lowest BCUT2D eigenvalue weighted by Gasteiger charge is -2.25. The van der Waals surface area contributed by atoms with Crippen LogP contribution in [0.25, 0.3) is 0 Å². The molecule has 1 saturated carbocycles. The van der Waals surface area contributed by atoms with Crippen molar-refractivity contribution >= 4 is 11.4 Å². The Kier molecular flexibility index (Phi) is 5.21. The van der Waals surface area contributed by atoms with Crippen molar-refractivity contribution in [3.63, 3.8) is 0 Å². The van der Waals surface area contributed by atoms with Crippen LogP contribution >= 0.6 is 0 Å². The van der Waals surface area contributed by atoms with Crippen LogP contribution in [0.15, 0.2) is 18.2 Å². The van der Waals surface area contributed by atoms with Crippen LogP contribution in [0, 0.1) is 16.0 Å². The zero-order valence-corrected chi connectivity index (χ0v) is 11.9. The molecule has 110 valence electrons. The number of anilines is 1. The summed E-state index contributed by atoms with van der Waals surface area (Å²) in [6, 6.07) is 4.88. The van der Waals surface area contributed by atoms with Gasteiger partial charge in [0.15, 0.2) is 0 Å². The largest absolute Gasteiger partial charge is 0.493 e. The summed E-state index contributed by atoms with van der Waals surface area (Å²) in [7, 11) is 0. The smallest absolute Gasteiger partial charge is 0.275 e. The molecule has 0 unspecified atom stereocenters. The van der Waals surface area contributed by atoms with Gasteiger partial charge < -0.3 is 10.1 Å². The van der Waals surface area contributed by atoms with Gasteiger partial charge in [-0.25, -0.2) is 0 Å². The van der Waals surface area contributed by atoms with E-state index in [0.29, 0.717) is 12.4 Å². The summed E-state index contributed by atoms with van der Waals surface area (Å²) >= 11 is 0.